The second-order valence-electron chi connectivity index (χ2n) is 6.86. The molecule has 2 rings (SSSR count). The van der Waals surface area contributed by atoms with E-state index in [4.69, 9.17) is 9.84 Å². The molecule has 104 valence electrons. The Kier molecular flexibility index (Phi) is 3.44. The van der Waals surface area contributed by atoms with Gasteiger partial charge < -0.3 is 4.74 Å². The molecule has 0 N–H and O–H groups in total. The molecule has 0 spiro atoms. The number of nitrogens with zero attached hydrogens (tertiary/aromatic N) is 3. The van der Waals surface area contributed by atoms with Gasteiger partial charge in [-0.05, 0) is 26.3 Å². The lowest BCUT2D eigenvalue weighted by molar-refractivity contribution is 0.183. The van der Waals surface area contributed by atoms with Crippen LogP contribution in [0.15, 0.2) is 6.07 Å². The van der Waals surface area contributed by atoms with E-state index in [0.717, 1.165) is 24.4 Å². The number of hydrogen-bond donors (Lipinski definition) is 0. The normalized spacial score (nSPS) is 20.5. The first-order valence-electron chi connectivity index (χ1n) is 6.85. The van der Waals surface area contributed by atoms with Gasteiger partial charge in [-0.25, -0.2) is 0 Å². The van der Waals surface area contributed by atoms with Crippen LogP contribution in [0.25, 0.3) is 0 Å². The molecule has 1 atom stereocenters. The zero-order valence-corrected chi connectivity index (χ0v) is 12.5. The fourth-order valence-electron chi connectivity index (χ4n) is 2.28. The van der Waals surface area contributed by atoms with Crippen molar-refractivity contribution < 1.29 is 4.74 Å². The van der Waals surface area contributed by atoms with E-state index < -0.39 is 5.41 Å². The third kappa shape index (κ3) is 2.66. The van der Waals surface area contributed by atoms with Crippen LogP contribution in [0.4, 0.5) is 0 Å². The van der Waals surface area contributed by atoms with Crippen molar-refractivity contribution in [1.82, 2.24) is 9.78 Å². The molecule has 1 aliphatic rings. The molecule has 1 saturated heterocycles. The molecule has 0 amide bonds. The molecule has 1 aromatic rings. The maximum atomic E-state index is 9.40. The average molecular weight is 261 g/mol. The molecular formula is C15H23N3O. The minimum Gasteiger partial charge on any atom is -0.379 e. The first-order chi connectivity index (χ1) is 8.75. The Morgan fingerprint density at radius 1 is 1.37 bits per heavy atom. The van der Waals surface area contributed by atoms with Gasteiger partial charge in [-0.1, -0.05) is 20.8 Å². The van der Waals surface area contributed by atoms with Crippen LogP contribution < -0.4 is 0 Å². The lowest BCUT2D eigenvalue weighted by atomic mass is 9.87. The Morgan fingerprint density at radius 3 is 2.53 bits per heavy atom. The summed E-state index contributed by atoms with van der Waals surface area (Å²) in [7, 11) is 0. The largest absolute Gasteiger partial charge is 0.379 e. The smallest absolute Gasteiger partial charge is 0.0934 e. The highest BCUT2D eigenvalue weighted by molar-refractivity contribution is 5.29. The Bertz CT molecular complexity index is 496. The van der Waals surface area contributed by atoms with Gasteiger partial charge in [0.05, 0.1) is 35.5 Å². The second kappa shape index (κ2) is 4.64. The summed E-state index contributed by atoms with van der Waals surface area (Å²) in [5.41, 5.74) is 1.50. The molecule has 0 saturated carbocycles. The standard InChI is InChI=1S/C15H23N3O/c1-14(2,3)12-8-13(15(4,5)10-16)18(17-12)11-6-7-19-9-11/h8,11H,6-7,9H2,1-5H3. The highest BCUT2D eigenvalue weighted by Crippen LogP contribution is 2.32. The van der Waals surface area contributed by atoms with Gasteiger partial charge in [-0.3, -0.25) is 4.68 Å². The van der Waals surface area contributed by atoms with E-state index in [9.17, 15) is 5.26 Å². The van der Waals surface area contributed by atoms with Crippen LogP contribution in [-0.4, -0.2) is 23.0 Å². The molecule has 0 bridgehead atoms. The van der Waals surface area contributed by atoms with Crippen LogP contribution in [0.3, 0.4) is 0 Å². The highest BCUT2D eigenvalue weighted by atomic mass is 16.5. The number of nitriles is 1. The fraction of sp³-hybridized carbons (Fsp3) is 0.733. The summed E-state index contributed by atoms with van der Waals surface area (Å²) >= 11 is 0. The zero-order chi connectivity index (χ0) is 14.3. The summed E-state index contributed by atoms with van der Waals surface area (Å²) in [6, 6.07) is 4.73. The Balaban J connectivity index is 2.51. The van der Waals surface area contributed by atoms with Crippen molar-refractivity contribution in [1.29, 1.82) is 5.26 Å². The summed E-state index contributed by atoms with van der Waals surface area (Å²) in [6.07, 6.45) is 0.972. The van der Waals surface area contributed by atoms with Crippen LogP contribution >= 0.6 is 0 Å². The van der Waals surface area contributed by atoms with Crippen LogP contribution in [-0.2, 0) is 15.6 Å². The van der Waals surface area contributed by atoms with Crippen molar-refractivity contribution in [3.8, 4) is 6.07 Å². The summed E-state index contributed by atoms with van der Waals surface area (Å²) in [6.45, 7) is 11.8. The van der Waals surface area contributed by atoms with Gasteiger partial charge in [0, 0.05) is 12.0 Å². The minimum absolute atomic E-state index is 0.00893. The molecule has 0 aromatic carbocycles. The first kappa shape index (κ1) is 14.1. The van der Waals surface area contributed by atoms with Crippen molar-refractivity contribution >= 4 is 0 Å². The predicted octanol–water partition coefficient (Wildman–Crippen LogP) is 2.94. The third-order valence-corrected chi connectivity index (χ3v) is 3.68. The summed E-state index contributed by atoms with van der Waals surface area (Å²) in [4.78, 5) is 0. The molecule has 1 aliphatic heterocycles. The minimum atomic E-state index is -0.529. The first-order valence-corrected chi connectivity index (χ1v) is 6.85. The van der Waals surface area contributed by atoms with E-state index in [-0.39, 0.29) is 11.5 Å². The topological polar surface area (TPSA) is 50.8 Å². The highest BCUT2D eigenvalue weighted by Gasteiger charge is 2.32. The molecule has 4 heteroatoms. The van der Waals surface area contributed by atoms with Crippen LogP contribution in [0.5, 0.6) is 0 Å². The summed E-state index contributed by atoms with van der Waals surface area (Å²) in [5.74, 6) is 0. The monoisotopic (exact) mass is 261 g/mol. The molecular weight excluding hydrogens is 238 g/mol. The second-order valence-corrected chi connectivity index (χ2v) is 6.86. The third-order valence-electron chi connectivity index (χ3n) is 3.68. The van der Waals surface area contributed by atoms with Gasteiger partial charge in [-0.15, -0.1) is 0 Å². The van der Waals surface area contributed by atoms with Crippen LogP contribution in [0.2, 0.25) is 0 Å². The number of rotatable bonds is 2. The van der Waals surface area contributed by atoms with Crippen molar-refractivity contribution in [2.75, 3.05) is 13.2 Å². The van der Waals surface area contributed by atoms with E-state index in [0.29, 0.717) is 6.61 Å². The Morgan fingerprint density at radius 2 is 2.05 bits per heavy atom. The summed E-state index contributed by atoms with van der Waals surface area (Å²) < 4.78 is 7.49. The number of ether oxygens (including phenoxy) is 1. The van der Waals surface area contributed by atoms with Gasteiger partial charge in [0.1, 0.15) is 0 Å². The van der Waals surface area contributed by atoms with E-state index in [1.54, 1.807) is 0 Å². The lowest BCUT2D eigenvalue weighted by Gasteiger charge is -2.20. The number of hydrogen-bond acceptors (Lipinski definition) is 3. The zero-order valence-electron chi connectivity index (χ0n) is 12.5. The predicted molar refractivity (Wildman–Crippen MR) is 74.0 cm³/mol. The molecule has 4 nitrogen and oxygen atoms in total. The lowest BCUT2D eigenvalue weighted by Crippen LogP contribution is -2.23. The van der Waals surface area contributed by atoms with Gasteiger partial charge in [0.2, 0.25) is 0 Å². The van der Waals surface area contributed by atoms with Crippen LogP contribution in [0, 0.1) is 11.3 Å². The molecule has 0 aliphatic carbocycles. The van der Waals surface area contributed by atoms with E-state index in [2.05, 4.69) is 32.9 Å². The maximum Gasteiger partial charge on any atom is 0.0934 e. The Hall–Kier alpha value is -1.34. The van der Waals surface area contributed by atoms with E-state index >= 15 is 0 Å². The van der Waals surface area contributed by atoms with Gasteiger partial charge >= 0.3 is 0 Å². The Labute approximate surface area is 115 Å². The van der Waals surface area contributed by atoms with Gasteiger partial charge in [-0.2, -0.15) is 10.4 Å². The fourth-order valence-corrected chi connectivity index (χ4v) is 2.28. The summed E-state index contributed by atoms with van der Waals surface area (Å²) in [5, 5.41) is 14.2. The molecule has 2 heterocycles. The van der Waals surface area contributed by atoms with Gasteiger partial charge in [0.15, 0.2) is 0 Å². The molecule has 1 aromatic heterocycles. The molecule has 19 heavy (non-hydrogen) atoms. The maximum absolute atomic E-state index is 9.40. The van der Waals surface area contributed by atoms with E-state index in [1.807, 2.05) is 18.5 Å². The number of aromatic nitrogens is 2. The van der Waals surface area contributed by atoms with E-state index in [1.165, 1.54) is 0 Å². The molecule has 1 unspecified atom stereocenters. The van der Waals surface area contributed by atoms with Crippen LogP contribution in [0.1, 0.15) is 58.5 Å². The molecule has 1 fully saturated rings. The quantitative estimate of drug-likeness (QED) is 0.822. The van der Waals surface area contributed by atoms with Crippen molar-refractivity contribution in [3.63, 3.8) is 0 Å². The van der Waals surface area contributed by atoms with Crippen molar-refractivity contribution in [2.24, 2.45) is 0 Å². The van der Waals surface area contributed by atoms with Gasteiger partial charge in [0.25, 0.3) is 0 Å². The SMILES string of the molecule is CC(C)(C)c1cc(C(C)(C)C#N)n(C2CCOC2)n1. The molecule has 0 radical (unpaired) electrons. The van der Waals surface area contributed by atoms with Crippen molar-refractivity contribution in [2.45, 2.75) is 57.9 Å². The van der Waals surface area contributed by atoms with Crippen molar-refractivity contribution in [3.05, 3.63) is 17.5 Å². The average Bonchev–Trinajstić information content (AvgIpc) is 2.96.